The number of anilines is 2. The molecule has 2 aliphatic heterocycles. The highest BCUT2D eigenvalue weighted by molar-refractivity contribution is 6.32. The number of aromatic nitrogens is 2. The molecule has 9 heteroatoms. The largest absolute Gasteiger partial charge is 0.394 e. The molecule has 1 aromatic heterocycles. The van der Waals surface area contributed by atoms with Gasteiger partial charge in [-0.05, 0) is 0 Å². The molecule has 2 aliphatic rings. The van der Waals surface area contributed by atoms with Gasteiger partial charge in [0.05, 0.1) is 13.3 Å². The second kappa shape index (κ2) is 4.73. The van der Waals surface area contributed by atoms with Crippen LogP contribution in [-0.4, -0.2) is 63.1 Å². The van der Waals surface area contributed by atoms with Crippen LogP contribution in [0.2, 0.25) is 5.15 Å². The summed E-state index contributed by atoms with van der Waals surface area (Å²) in [5, 5.41) is 32.1. The fourth-order valence-electron chi connectivity index (χ4n) is 2.31. The fourth-order valence-corrected chi connectivity index (χ4v) is 2.51. The SMILES string of the molecule is OC[C@H]1O[C@@H](N2CNc3c(Cl)ncnc32)[C@H](O)[C@@H]1O. The van der Waals surface area contributed by atoms with Crippen molar-refractivity contribution in [2.75, 3.05) is 23.5 Å². The second-order valence-electron chi connectivity index (χ2n) is 4.40. The second-order valence-corrected chi connectivity index (χ2v) is 4.75. The van der Waals surface area contributed by atoms with E-state index in [2.05, 4.69) is 15.3 Å². The Labute approximate surface area is 113 Å². The van der Waals surface area contributed by atoms with Gasteiger partial charge >= 0.3 is 0 Å². The number of rotatable bonds is 2. The number of hydrogen-bond donors (Lipinski definition) is 4. The van der Waals surface area contributed by atoms with Gasteiger partial charge in [-0.15, -0.1) is 0 Å². The summed E-state index contributed by atoms with van der Waals surface area (Å²) in [6, 6.07) is 0. The number of aliphatic hydroxyl groups excluding tert-OH is 3. The van der Waals surface area contributed by atoms with Gasteiger partial charge in [0.2, 0.25) is 0 Å². The molecular formula is C10H13ClN4O4. The van der Waals surface area contributed by atoms with Crippen LogP contribution in [0.5, 0.6) is 0 Å². The maximum Gasteiger partial charge on any atom is 0.162 e. The standard InChI is InChI=1S/C10H13ClN4O4/c11-8-5-9(13-2-12-8)15(3-14-5)10-7(18)6(17)4(1-16)19-10/h2,4,6-7,10,14,16-18H,1,3H2/t4-,6-,7-,10-/m1/s1. The topological polar surface area (TPSA) is 111 Å². The number of aliphatic hydroxyl groups is 3. The van der Waals surface area contributed by atoms with E-state index in [1.165, 1.54) is 6.33 Å². The van der Waals surface area contributed by atoms with Crippen LogP contribution in [0.25, 0.3) is 0 Å². The van der Waals surface area contributed by atoms with E-state index in [4.69, 9.17) is 21.4 Å². The summed E-state index contributed by atoms with van der Waals surface area (Å²) in [6.07, 6.45) is -2.59. The lowest BCUT2D eigenvalue weighted by Gasteiger charge is -2.26. The summed E-state index contributed by atoms with van der Waals surface area (Å²) in [5.41, 5.74) is 0.557. The fraction of sp³-hybridized carbons (Fsp3) is 0.600. The van der Waals surface area contributed by atoms with Gasteiger partial charge in [-0.25, -0.2) is 9.97 Å². The molecule has 0 unspecified atom stereocenters. The van der Waals surface area contributed by atoms with Gasteiger partial charge in [-0.1, -0.05) is 11.6 Å². The molecule has 0 aliphatic carbocycles. The predicted octanol–water partition coefficient (Wildman–Crippen LogP) is -1.24. The summed E-state index contributed by atoms with van der Waals surface area (Å²) in [6.45, 7) is -0.0479. The minimum absolute atomic E-state index is 0.277. The molecule has 3 heterocycles. The lowest BCUT2D eigenvalue weighted by atomic mass is 10.1. The maximum atomic E-state index is 9.98. The van der Waals surface area contributed by atoms with Gasteiger partial charge in [0.15, 0.2) is 17.2 Å². The van der Waals surface area contributed by atoms with E-state index in [1.54, 1.807) is 4.90 Å². The minimum atomic E-state index is -1.14. The molecule has 4 N–H and O–H groups in total. The number of nitrogens with zero attached hydrogens (tertiary/aromatic N) is 3. The Bertz CT molecular complexity index is 491. The summed E-state index contributed by atoms with van der Waals surface area (Å²) in [7, 11) is 0. The maximum absolute atomic E-state index is 9.98. The smallest absolute Gasteiger partial charge is 0.162 e. The monoisotopic (exact) mass is 288 g/mol. The zero-order chi connectivity index (χ0) is 13.6. The first-order valence-corrected chi connectivity index (χ1v) is 6.14. The van der Waals surface area contributed by atoms with Crippen molar-refractivity contribution in [1.82, 2.24) is 9.97 Å². The highest BCUT2D eigenvalue weighted by Crippen LogP contribution is 2.37. The van der Waals surface area contributed by atoms with E-state index in [9.17, 15) is 10.2 Å². The van der Waals surface area contributed by atoms with Crippen LogP contribution in [-0.2, 0) is 4.74 Å². The molecule has 3 rings (SSSR count). The van der Waals surface area contributed by atoms with E-state index in [-0.39, 0.29) is 11.8 Å². The van der Waals surface area contributed by atoms with Crippen LogP contribution in [0.3, 0.4) is 0 Å². The van der Waals surface area contributed by atoms with E-state index in [0.29, 0.717) is 18.2 Å². The van der Waals surface area contributed by atoms with Crippen LogP contribution in [0.1, 0.15) is 0 Å². The highest BCUT2D eigenvalue weighted by atomic mass is 35.5. The molecule has 104 valence electrons. The third-order valence-electron chi connectivity index (χ3n) is 3.30. The molecule has 8 nitrogen and oxygen atoms in total. The van der Waals surface area contributed by atoms with E-state index in [0.717, 1.165) is 0 Å². The average Bonchev–Trinajstić information content (AvgIpc) is 2.94. The molecule has 1 saturated heterocycles. The van der Waals surface area contributed by atoms with Gasteiger partial charge in [-0.3, -0.25) is 0 Å². The Kier molecular flexibility index (Phi) is 3.19. The van der Waals surface area contributed by atoms with E-state index in [1.807, 2.05) is 0 Å². The first-order chi connectivity index (χ1) is 9.13. The Morgan fingerprint density at radius 1 is 1.42 bits per heavy atom. The number of fused-ring (bicyclic) bond motifs is 1. The van der Waals surface area contributed by atoms with Gasteiger partial charge in [0.1, 0.15) is 30.3 Å². The zero-order valence-corrected chi connectivity index (χ0v) is 10.5. The van der Waals surface area contributed by atoms with Gasteiger partial charge in [-0.2, -0.15) is 0 Å². The lowest BCUT2D eigenvalue weighted by molar-refractivity contribution is -0.0219. The van der Waals surface area contributed by atoms with Crippen LogP contribution < -0.4 is 10.2 Å². The van der Waals surface area contributed by atoms with Crippen molar-refractivity contribution in [3.63, 3.8) is 0 Å². The van der Waals surface area contributed by atoms with Crippen molar-refractivity contribution in [2.45, 2.75) is 24.5 Å². The zero-order valence-electron chi connectivity index (χ0n) is 9.77. The average molecular weight is 289 g/mol. The van der Waals surface area contributed by atoms with Gasteiger partial charge in [0, 0.05) is 0 Å². The van der Waals surface area contributed by atoms with Crippen molar-refractivity contribution >= 4 is 23.1 Å². The normalized spacial score (nSPS) is 33.4. The highest BCUT2D eigenvalue weighted by Gasteiger charge is 2.47. The first kappa shape index (κ1) is 12.8. The minimum Gasteiger partial charge on any atom is -0.394 e. The van der Waals surface area contributed by atoms with Crippen molar-refractivity contribution in [3.8, 4) is 0 Å². The Morgan fingerprint density at radius 2 is 2.21 bits per heavy atom. The quantitative estimate of drug-likeness (QED) is 0.500. The van der Waals surface area contributed by atoms with Gasteiger partial charge in [0.25, 0.3) is 0 Å². The third-order valence-corrected chi connectivity index (χ3v) is 3.59. The molecule has 0 saturated carbocycles. The molecule has 1 aromatic rings. The van der Waals surface area contributed by atoms with Crippen LogP contribution in [0.4, 0.5) is 11.5 Å². The summed E-state index contributed by atoms with van der Waals surface area (Å²) >= 11 is 5.93. The van der Waals surface area contributed by atoms with E-state index < -0.39 is 24.5 Å². The molecule has 0 aromatic carbocycles. The summed E-state index contributed by atoms with van der Waals surface area (Å²) in [5.74, 6) is 0.495. The van der Waals surface area contributed by atoms with Crippen molar-refractivity contribution in [2.24, 2.45) is 0 Å². The number of hydrogen-bond acceptors (Lipinski definition) is 8. The molecule has 0 bridgehead atoms. The van der Waals surface area contributed by atoms with Gasteiger partial charge < -0.3 is 30.3 Å². The third kappa shape index (κ3) is 1.92. The molecule has 0 spiro atoms. The van der Waals surface area contributed by atoms with Crippen molar-refractivity contribution < 1.29 is 20.1 Å². The Morgan fingerprint density at radius 3 is 2.89 bits per heavy atom. The Balaban J connectivity index is 1.88. The van der Waals surface area contributed by atoms with Crippen LogP contribution in [0.15, 0.2) is 6.33 Å². The number of ether oxygens (including phenoxy) is 1. The first-order valence-electron chi connectivity index (χ1n) is 5.77. The number of nitrogens with one attached hydrogen (secondary N) is 1. The molecule has 19 heavy (non-hydrogen) atoms. The van der Waals surface area contributed by atoms with Crippen molar-refractivity contribution in [1.29, 1.82) is 0 Å². The predicted molar refractivity (Wildman–Crippen MR) is 65.8 cm³/mol. The van der Waals surface area contributed by atoms with E-state index >= 15 is 0 Å². The van der Waals surface area contributed by atoms with Crippen molar-refractivity contribution in [3.05, 3.63) is 11.5 Å². The molecule has 4 atom stereocenters. The molecule has 0 amide bonds. The summed E-state index contributed by atoms with van der Waals surface area (Å²) in [4.78, 5) is 9.57. The Hall–Kier alpha value is -1.19. The molecular weight excluding hydrogens is 276 g/mol. The van der Waals surface area contributed by atoms with Crippen LogP contribution in [0, 0.1) is 0 Å². The van der Waals surface area contributed by atoms with Crippen LogP contribution >= 0.6 is 11.6 Å². The summed E-state index contributed by atoms with van der Waals surface area (Å²) < 4.78 is 5.45. The molecule has 1 fully saturated rings. The molecule has 0 radical (unpaired) electrons. The lowest BCUT2D eigenvalue weighted by Crippen LogP contribution is -2.44. The number of halogens is 1.